The van der Waals surface area contributed by atoms with E-state index in [2.05, 4.69) is 40.2 Å². The number of ether oxygens (including phenoxy) is 1. The van der Waals surface area contributed by atoms with E-state index in [9.17, 15) is 4.79 Å². The van der Waals surface area contributed by atoms with E-state index in [1.54, 1.807) is 0 Å². The van der Waals surface area contributed by atoms with Crippen LogP contribution in [0.15, 0.2) is 48.5 Å². The van der Waals surface area contributed by atoms with Crippen molar-refractivity contribution in [2.75, 3.05) is 11.9 Å². The van der Waals surface area contributed by atoms with Crippen molar-refractivity contribution in [3.63, 3.8) is 0 Å². The zero-order valence-corrected chi connectivity index (χ0v) is 14.9. The molecule has 3 rings (SSSR count). The fraction of sp³-hybridized carbons (Fsp3) is 0.350. The highest BCUT2D eigenvalue weighted by atomic mass is 79.9. The number of benzene rings is 2. The molecular formula is C20H21BrO2. The molecule has 0 unspecified atom stereocenters. The second kappa shape index (κ2) is 6.88. The van der Waals surface area contributed by atoms with E-state index in [1.165, 1.54) is 0 Å². The third-order valence-electron chi connectivity index (χ3n) is 4.62. The van der Waals surface area contributed by atoms with Gasteiger partial charge in [-0.3, -0.25) is 4.79 Å². The average molecular weight is 373 g/mol. The summed E-state index contributed by atoms with van der Waals surface area (Å²) in [7, 11) is 0. The van der Waals surface area contributed by atoms with Gasteiger partial charge in [0.05, 0.1) is 6.61 Å². The molecule has 0 heterocycles. The van der Waals surface area contributed by atoms with E-state index in [0.717, 1.165) is 46.8 Å². The highest BCUT2D eigenvalue weighted by Gasteiger charge is 2.49. The third kappa shape index (κ3) is 2.61. The summed E-state index contributed by atoms with van der Waals surface area (Å²) in [6, 6.07) is 16.5. The number of unbranched alkanes of at least 4 members (excludes halogenated alkanes) is 1. The molecule has 2 aromatic carbocycles. The minimum atomic E-state index is -0.661. The first-order chi connectivity index (χ1) is 11.3. The van der Waals surface area contributed by atoms with E-state index < -0.39 is 5.41 Å². The van der Waals surface area contributed by atoms with Gasteiger partial charge in [0.1, 0.15) is 5.41 Å². The molecule has 0 radical (unpaired) electrons. The van der Waals surface area contributed by atoms with Gasteiger partial charge in [-0.25, -0.2) is 0 Å². The zero-order valence-electron chi connectivity index (χ0n) is 13.3. The molecule has 0 bridgehead atoms. The van der Waals surface area contributed by atoms with Gasteiger partial charge in [0.15, 0.2) is 0 Å². The first kappa shape index (κ1) is 16.3. The number of hydrogen-bond acceptors (Lipinski definition) is 2. The van der Waals surface area contributed by atoms with Crippen molar-refractivity contribution >= 4 is 21.9 Å². The van der Waals surface area contributed by atoms with E-state index in [0.29, 0.717) is 6.61 Å². The lowest BCUT2D eigenvalue weighted by Gasteiger charge is -2.29. The summed E-state index contributed by atoms with van der Waals surface area (Å²) in [5.41, 5.74) is 3.85. The minimum Gasteiger partial charge on any atom is -0.465 e. The quantitative estimate of drug-likeness (QED) is 0.401. The van der Waals surface area contributed by atoms with Gasteiger partial charge in [0, 0.05) is 5.33 Å². The first-order valence-electron chi connectivity index (χ1n) is 8.18. The van der Waals surface area contributed by atoms with E-state index in [1.807, 2.05) is 31.2 Å². The third-order valence-corrected chi connectivity index (χ3v) is 5.18. The van der Waals surface area contributed by atoms with Crippen LogP contribution in [0.2, 0.25) is 0 Å². The molecular weight excluding hydrogens is 352 g/mol. The van der Waals surface area contributed by atoms with Crippen LogP contribution in [0.4, 0.5) is 0 Å². The average Bonchev–Trinajstić information content (AvgIpc) is 2.87. The van der Waals surface area contributed by atoms with Gasteiger partial charge in [-0.2, -0.15) is 0 Å². The molecule has 0 fully saturated rings. The molecule has 0 spiro atoms. The van der Waals surface area contributed by atoms with E-state index >= 15 is 0 Å². The number of halogens is 1. The Morgan fingerprint density at radius 2 is 1.57 bits per heavy atom. The zero-order chi connectivity index (χ0) is 16.3. The molecule has 0 atom stereocenters. The lowest BCUT2D eigenvalue weighted by Crippen LogP contribution is -2.37. The second-order valence-electron chi connectivity index (χ2n) is 5.86. The van der Waals surface area contributed by atoms with Gasteiger partial charge in [-0.15, -0.1) is 0 Å². The molecule has 0 saturated heterocycles. The summed E-state index contributed by atoms with van der Waals surface area (Å²) in [5.74, 6) is -0.119. The highest BCUT2D eigenvalue weighted by Crippen LogP contribution is 2.52. The summed E-state index contributed by atoms with van der Waals surface area (Å²) in [4.78, 5) is 13.1. The smallest absolute Gasteiger partial charge is 0.321 e. The van der Waals surface area contributed by atoms with Crippen molar-refractivity contribution in [2.45, 2.75) is 31.6 Å². The molecule has 1 aliphatic rings. The number of rotatable bonds is 6. The van der Waals surface area contributed by atoms with Crippen LogP contribution in [-0.4, -0.2) is 17.9 Å². The summed E-state index contributed by atoms with van der Waals surface area (Å²) >= 11 is 3.49. The number of esters is 1. The van der Waals surface area contributed by atoms with Gasteiger partial charge in [0.2, 0.25) is 0 Å². The Kier molecular flexibility index (Phi) is 4.86. The first-order valence-corrected chi connectivity index (χ1v) is 9.30. The van der Waals surface area contributed by atoms with Crippen molar-refractivity contribution in [1.29, 1.82) is 0 Å². The Balaban J connectivity index is 2.18. The molecule has 0 N–H and O–H groups in total. The summed E-state index contributed by atoms with van der Waals surface area (Å²) in [5, 5.41) is 0.954. The summed E-state index contributed by atoms with van der Waals surface area (Å²) < 4.78 is 5.52. The van der Waals surface area contributed by atoms with Crippen molar-refractivity contribution < 1.29 is 9.53 Å². The summed E-state index contributed by atoms with van der Waals surface area (Å²) in [6.07, 6.45) is 2.81. The van der Waals surface area contributed by atoms with Crippen molar-refractivity contribution in [3.05, 3.63) is 59.7 Å². The fourth-order valence-corrected chi connectivity index (χ4v) is 4.05. The summed E-state index contributed by atoms with van der Waals surface area (Å²) in [6.45, 7) is 2.28. The SMILES string of the molecule is CCOC(=O)C1(CCCCBr)c2ccccc2-c2ccccc21. The molecule has 3 heteroatoms. The van der Waals surface area contributed by atoms with Crippen LogP contribution in [0.5, 0.6) is 0 Å². The van der Waals surface area contributed by atoms with Gasteiger partial charge in [0.25, 0.3) is 0 Å². The van der Waals surface area contributed by atoms with Crippen LogP contribution in [0.3, 0.4) is 0 Å². The number of carbonyl (C=O) groups is 1. The van der Waals surface area contributed by atoms with Crippen molar-refractivity contribution in [2.24, 2.45) is 0 Å². The Hall–Kier alpha value is -1.61. The molecule has 0 saturated carbocycles. The van der Waals surface area contributed by atoms with Crippen molar-refractivity contribution in [1.82, 2.24) is 0 Å². The van der Waals surface area contributed by atoms with Crippen LogP contribution in [0, 0.1) is 0 Å². The highest BCUT2D eigenvalue weighted by molar-refractivity contribution is 9.09. The van der Waals surface area contributed by atoms with Crippen molar-refractivity contribution in [3.8, 4) is 11.1 Å². The van der Waals surface area contributed by atoms with Gasteiger partial charge in [-0.05, 0) is 42.0 Å². The largest absolute Gasteiger partial charge is 0.465 e. The minimum absolute atomic E-state index is 0.119. The van der Waals surface area contributed by atoms with Crippen LogP contribution in [-0.2, 0) is 14.9 Å². The van der Waals surface area contributed by atoms with E-state index in [4.69, 9.17) is 4.74 Å². The molecule has 2 aromatic rings. The van der Waals surface area contributed by atoms with E-state index in [-0.39, 0.29) is 5.97 Å². The van der Waals surface area contributed by atoms with Crippen LogP contribution in [0.1, 0.15) is 37.3 Å². The molecule has 23 heavy (non-hydrogen) atoms. The molecule has 0 amide bonds. The second-order valence-corrected chi connectivity index (χ2v) is 6.66. The predicted molar refractivity (Wildman–Crippen MR) is 96.9 cm³/mol. The molecule has 1 aliphatic carbocycles. The number of carbonyl (C=O) groups excluding carboxylic acids is 1. The maximum absolute atomic E-state index is 13.1. The lowest BCUT2D eigenvalue weighted by atomic mass is 9.74. The number of fused-ring (bicyclic) bond motifs is 3. The normalized spacial score (nSPS) is 14.2. The Labute approximate surface area is 146 Å². The van der Waals surface area contributed by atoms with Crippen LogP contribution in [0.25, 0.3) is 11.1 Å². The van der Waals surface area contributed by atoms with Gasteiger partial charge < -0.3 is 4.74 Å². The molecule has 0 aliphatic heterocycles. The maximum Gasteiger partial charge on any atom is 0.321 e. The Bertz CT molecular complexity index is 663. The topological polar surface area (TPSA) is 26.3 Å². The Morgan fingerprint density at radius 3 is 2.09 bits per heavy atom. The number of alkyl halides is 1. The molecule has 0 aromatic heterocycles. The predicted octanol–water partition coefficient (Wildman–Crippen LogP) is 5.08. The monoisotopic (exact) mass is 372 g/mol. The lowest BCUT2D eigenvalue weighted by molar-refractivity contribution is -0.148. The maximum atomic E-state index is 13.1. The Morgan fingerprint density at radius 1 is 1.00 bits per heavy atom. The fourth-order valence-electron chi connectivity index (χ4n) is 3.66. The van der Waals surface area contributed by atoms with Crippen LogP contribution >= 0.6 is 15.9 Å². The van der Waals surface area contributed by atoms with Crippen LogP contribution < -0.4 is 0 Å². The van der Waals surface area contributed by atoms with Gasteiger partial charge >= 0.3 is 5.97 Å². The molecule has 120 valence electrons. The number of hydrogen-bond donors (Lipinski definition) is 0. The van der Waals surface area contributed by atoms with Gasteiger partial charge in [-0.1, -0.05) is 70.9 Å². The standard InChI is InChI=1S/C20H21BrO2/c1-2-23-19(22)20(13-7-8-14-21)17-11-5-3-9-15(17)16-10-4-6-12-18(16)20/h3-6,9-12H,2,7-8,13-14H2,1H3. The molecule has 2 nitrogen and oxygen atoms in total.